The zero-order valence-corrected chi connectivity index (χ0v) is 15.3. The Morgan fingerprint density at radius 1 is 1.30 bits per heavy atom. The molecule has 2 N–H and O–H groups in total. The van der Waals surface area contributed by atoms with Crippen LogP contribution in [-0.2, 0) is 9.47 Å². The van der Waals surface area contributed by atoms with E-state index >= 15 is 0 Å². The van der Waals surface area contributed by atoms with Crippen LogP contribution in [0.3, 0.4) is 0 Å². The Bertz CT molecular complexity index is 834. The fraction of sp³-hybridized carbons (Fsp3) is 0.368. The lowest BCUT2D eigenvalue weighted by Crippen LogP contribution is -2.22. The standard InChI is InChI=1S/C19H22N4O4/c1-12-10-16(23-19(21-12)20-11-13-6-5-9-27-13)17(24)22-15-8-4-3-7-14(15)18(25)26-2/h3-4,7-8,10,13H,5-6,9,11H2,1-2H3,(H,22,24)(H,20,21,23). The quantitative estimate of drug-likeness (QED) is 0.753. The van der Waals surface area contributed by atoms with Crippen LogP contribution < -0.4 is 10.6 Å². The Morgan fingerprint density at radius 3 is 2.85 bits per heavy atom. The number of nitrogens with zero attached hydrogens (tertiary/aromatic N) is 2. The summed E-state index contributed by atoms with van der Waals surface area (Å²) >= 11 is 0. The van der Waals surface area contributed by atoms with Gasteiger partial charge in [0, 0.05) is 18.8 Å². The third kappa shape index (κ3) is 4.79. The van der Waals surface area contributed by atoms with E-state index in [4.69, 9.17) is 9.47 Å². The van der Waals surface area contributed by atoms with Gasteiger partial charge in [-0.3, -0.25) is 4.79 Å². The highest BCUT2D eigenvalue weighted by Crippen LogP contribution is 2.18. The van der Waals surface area contributed by atoms with Crippen molar-refractivity contribution in [2.24, 2.45) is 0 Å². The minimum absolute atomic E-state index is 0.137. The number of para-hydroxylation sites is 1. The molecule has 8 nitrogen and oxygen atoms in total. The van der Waals surface area contributed by atoms with E-state index < -0.39 is 11.9 Å². The summed E-state index contributed by atoms with van der Waals surface area (Å²) in [4.78, 5) is 33.1. The minimum Gasteiger partial charge on any atom is -0.465 e. The van der Waals surface area contributed by atoms with Gasteiger partial charge in [-0.15, -0.1) is 0 Å². The van der Waals surface area contributed by atoms with Gasteiger partial charge in [-0.05, 0) is 38.0 Å². The SMILES string of the molecule is COC(=O)c1ccccc1NC(=O)c1cc(C)nc(NCC2CCCO2)n1. The number of aryl methyl sites for hydroxylation is 1. The number of esters is 1. The van der Waals surface area contributed by atoms with Crippen molar-refractivity contribution in [2.45, 2.75) is 25.9 Å². The van der Waals surface area contributed by atoms with Crippen molar-refractivity contribution in [3.63, 3.8) is 0 Å². The highest BCUT2D eigenvalue weighted by atomic mass is 16.5. The van der Waals surface area contributed by atoms with Gasteiger partial charge < -0.3 is 20.1 Å². The fourth-order valence-electron chi connectivity index (χ4n) is 2.84. The molecular weight excluding hydrogens is 348 g/mol. The maximum atomic E-state index is 12.6. The van der Waals surface area contributed by atoms with Crippen LogP contribution in [0.2, 0.25) is 0 Å². The molecule has 142 valence electrons. The van der Waals surface area contributed by atoms with Gasteiger partial charge in [0.1, 0.15) is 5.69 Å². The van der Waals surface area contributed by atoms with Gasteiger partial charge in [-0.1, -0.05) is 12.1 Å². The average Bonchev–Trinajstić information content (AvgIpc) is 3.19. The number of methoxy groups -OCH3 is 1. The molecule has 2 aromatic rings. The molecule has 1 aromatic heterocycles. The van der Waals surface area contributed by atoms with Crippen LogP contribution in [-0.4, -0.2) is 48.2 Å². The first-order valence-electron chi connectivity index (χ1n) is 8.76. The second-order valence-corrected chi connectivity index (χ2v) is 6.23. The number of ether oxygens (including phenoxy) is 2. The lowest BCUT2D eigenvalue weighted by molar-refractivity contribution is 0.0602. The summed E-state index contributed by atoms with van der Waals surface area (Å²) in [5, 5.41) is 5.84. The predicted molar refractivity (Wildman–Crippen MR) is 100.0 cm³/mol. The van der Waals surface area contributed by atoms with Crippen molar-refractivity contribution in [3.8, 4) is 0 Å². The third-order valence-electron chi connectivity index (χ3n) is 4.18. The molecule has 0 aliphatic carbocycles. The monoisotopic (exact) mass is 370 g/mol. The van der Waals surface area contributed by atoms with Crippen LogP contribution in [0.25, 0.3) is 0 Å². The van der Waals surface area contributed by atoms with Gasteiger partial charge in [-0.25, -0.2) is 14.8 Å². The number of benzene rings is 1. The zero-order chi connectivity index (χ0) is 19.2. The first-order valence-corrected chi connectivity index (χ1v) is 8.76. The molecule has 27 heavy (non-hydrogen) atoms. The average molecular weight is 370 g/mol. The number of aromatic nitrogens is 2. The molecule has 1 unspecified atom stereocenters. The number of rotatable bonds is 6. The lowest BCUT2D eigenvalue weighted by Gasteiger charge is -2.13. The number of carbonyl (C=O) groups is 2. The second-order valence-electron chi connectivity index (χ2n) is 6.23. The van der Waals surface area contributed by atoms with Crippen molar-refractivity contribution in [1.29, 1.82) is 0 Å². The molecule has 1 amide bonds. The zero-order valence-electron chi connectivity index (χ0n) is 15.3. The molecule has 0 saturated carbocycles. The molecule has 3 rings (SSSR count). The van der Waals surface area contributed by atoms with E-state index in [0.29, 0.717) is 23.9 Å². The molecular formula is C19H22N4O4. The van der Waals surface area contributed by atoms with Crippen LogP contribution in [0, 0.1) is 6.92 Å². The Hall–Kier alpha value is -3.00. The smallest absolute Gasteiger partial charge is 0.339 e. The third-order valence-corrected chi connectivity index (χ3v) is 4.18. The summed E-state index contributed by atoms with van der Waals surface area (Å²) in [6.45, 7) is 3.15. The first-order chi connectivity index (χ1) is 13.1. The second kappa shape index (κ2) is 8.59. The van der Waals surface area contributed by atoms with Gasteiger partial charge in [0.15, 0.2) is 0 Å². The Kier molecular flexibility index (Phi) is 5.97. The van der Waals surface area contributed by atoms with Crippen molar-refractivity contribution >= 4 is 23.5 Å². The minimum atomic E-state index is -0.524. The van der Waals surface area contributed by atoms with Crippen molar-refractivity contribution < 1.29 is 19.1 Å². The normalized spacial score (nSPS) is 16.0. The molecule has 0 spiro atoms. The topological polar surface area (TPSA) is 102 Å². The van der Waals surface area contributed by atoms with Crippen LogP contribution in [0.15, 0.2) is 30.3 Å². The van der Waals surface area contributed by atoms with E-state index in [-0.39, 0.29) is 17.4 Å². The number of anilines is 2. The maximum Gasteiger partial charge on any atom is 0.339 e. The number of nitrogens with one attached hydrogen (secondary N) is 2. The van der Waals surface area contributed by atoms with E-state index in [0.717, 1.165) is 19.4 Å². The number of carbonyl (C=O) groups excluding carboxylic acids is 2. The number of amides is 1. The van der Waals surface area contributed by atoms with E-state index in [2.05, 4.69) is 20.6 Å². The van der Waals surface area contributed by atoms with Gasteiger partial charge in [0.25, 0.3) is 5.91 Å². The molecule has 1 fully saturated rings. The molecule has 1 atom stereocenters. The Labute approximate surface area is 157 Å². The van der Waals surface area contributed by atoms with Gasteiger partial charge in [0.05, 0.1) is 24.5 Å². The molecule has 1 aromatic carbocycles. The van der Waals surface area contributed by atoms with Crippen molar-refractivity contribution in [2.75, 3.05) is 30.9 Å². The van der Waals surface area contributed by atoms with E-state index in [1.54, 1.807) is 37.3 Å². The van der Waals surface area contributed by atoms with Crippen LogP contribution in [0.4, 0.5) is 11.6 Å². The first kappa shape index (κ1) is 18.8. The van der Waals surface area contributed by atoms with Crippen molar-refractivity contribution in [3.05, 3.63) is 47.3 Å². The summed E-state index contributed by atoms with van der Waals surface area (Å²) in [5.41, 5.74) is 1.50. The predicted octanol–water partition coefficient (Wildman–Crippen LogP) is 2.41. The molecule has 8 heteroatoms. The van der Waals surface area contributed by atoms with E-state index in [9.17, 15) is 9.59 Å². The lowest BCUT2D eigenvalue weighted by atomic mass is 10.1. The summed E-state index contributed by atoms with van der Waals surface area (Å²) < 4.78 is 10.3. The van der Waals surface area contributed by atoms with E-state index in [1.165, 1.54) is 7.11 Å². The summed E-state index contributed by atoms with van der Waals surface area (Å²) in [6, 6.07) is 8.23. The fourth-order valence-corrected chi connectivity index (χ4v) is 2.84. The van der Waals surface area contributed by atoms with Gasteiger partial charge in [-0.2, -0.15) is 0 Å². The number of hydrogen-bond donors (Lipinski definition) is 2. The number of hydrogen-bond acceptors (Lipinski definition) is 7. The maximum absolute atomic E-state index is 12.6. The summed E-state index contributed by atoms with van der Waals surface area (Å²) in [7, 11) is 1.29. The van der Waals surface area contributed by atoms with Crippen LogP contribution in [0.1, 0.15) is 39.4 Å². The van der Waals surface area contributed by atoms with Crippen LogP contribution >= 0.6 is 0 Å². The molecule has 2 heterocycles. The van der Waals surface area contributed by atoms with Crippen LogP contribution in [0.5, 0.6) is 0 Å². The molecule has 1 aliphatic rings. The van der Waals surface area contributed by atoms with Crippen molar-refractivity contribution in [1.82, 2.24) is 9.97 Å². The van der Waals surface area contributed by atoms with E-state index in [1.807, 2.05) is 0 Å². The molecule has 1 aliphatic heterocycles. The highest BCUT2D eigenvalue weighted by Gasteiger charge is 2.18. The summed E-state index contributed by atoms with van der Waals surface area (Å²) in [6.07, 6.45) is 2.18. The molecule has 0 bridgehead atoms. The van der Waals surface area contributed by atoms with Gasteiger partial charge >= 0.3 is 5.97 Å². The molecule has 1 saturated heterocycles. The van der Waals surface area contributed by atoms with Gasteiger partial charge in [0.2, 0.25) is 5.95 Å². The summed E-state index contributed by atoms with van der Waals surface area (Å²) in [5.74, 6) is -0.586. The molecule has 0 radical (unpaired) electrons. The largest absolute Gasteiger partial charge is 0.465 e. The highest BCUT2D eigenvalue weighted by molar-refractivity contribution is 6.07. The Morgan fingerprint density at radius 2 is 2.11 bits per heavy atom. The Balaban J connectivity index is 1.74.